The molecule has 1 aromatic heterocycles. The average Bonchev–Trinajstić information content (AvgIpc) is 3.16. The topological polar surface area (TPSA) is 40.6 Å². The average molecular weight is 425 g/mol. The summed E-state index contributed by atoms with van der Waals surface area (Å²) in [6.45, 7) is 11.7. The minimum absolute atomic E-state index is 0.401. The Kier molecular flexibility index (Phi) is 7.20. The van der Waals surface area contributed by atoms with Gasteiger partial charge in [0, 0.05) is 51.0 Å². The summed E-state index contributed by atoms with van der Waals surface area (Å²) in [7, 11) is 0. The van der Waals surface area contributed by atoms with Crippen molar-refractivity contribution < 1.29 is 4.74 Å². The summed E-state index contributed by atoms with van der Waals surface area (Å²) in [5, 5.41) is 4.42. The van der Waals surface area contributed by atoms with E-state index in [2.05, 4.69) is 75.6 Å². The number of hydrogen-bond acceptors (Lipinski definition) is 6. The van der Waals surface area contributed by atoms with Crippen molar-refractivity contribution in [2.24, 2.45) is 0 Å². The number of fused-ring (bicyclic) bond motifs is 1. The van der Waals surface area contributed by atoms with Crippen LogP contribution < -0.4 is 10.1 Å². The van der Waals surface area contributed by atoms with Crippen LogP contribution in [0.1, 0.15) is 19.4 Å². The summed E-state index contributed by atoms with van der Waals surface area (Å²) in [6, 6.07) is 17.6. The standard InChI is InChI=1S/C24H32N4OS/c1-3-29-24-26-22-10-9-21(17-23(22)30-24)25-19(2)18-28-15-13-27(14-16-28)12-11-20-7-5-4-6-8-20/h4-10,17,19,25H,3,11-16,18H2,1-2H3. The summed E-state index contributed by atoms with van der Waals surface area (Å²) < 4.78 is 6.71. The Hall–Kier alpha value is -2.15. The Balaban J connectivity index is 1.22. The maximum absolute atomic E-state index is 5.54. The highest BCUT2D eigenvalue weighted by Crippen LogP contribution is 2.30. The zero-order valence-corrected chi connectivity index (χ0v) is 18.8. The van der Waals surface area contributed by atoms with Crippen LogP contribution in [0.2, 0.25) is 0 Å². The molecule has 5 nitrogen and oxygen atoms in total. The number of nitrogens with zero attached hydrogens (tertiary/aromatic N) is 3. The molecule has 0 radical (unpaired) electrons. The molecule has 1 N–H and O–H groups in total. The summed E-state index contributed by atoms with van der Waals surface area (Å²) in [5.41, 5.74) is 3.60. The second-order valence-corrected chi connectivity index (χ2v) is 9.01. The molecule has 0 amide bonds. The third-order valence-electron chi connectivity index (χ3n) is 5.61. The second kappa shape index (κ2) is 10.2. The third-order valence-corrected chi connectivity index (χ3v) is 6.54. The maximum atomic E-state index is 5.54. The van der Waals surface area contributed by atoms with E-state index in [9.17, 15) is 0 Å². The van der Waals surface area contributed by atoms with Gasteiger partial charge < -0.3 is 15.0 Å². The van der Waals surface area contributed by atoms with E-state index in [4.69, 9.17) is 4.74 Å². The van der Waals surface area contributed by atoms with Crippen LogP contribution in [0.25, 0.3) is 10.2 Å². The van der Waals surface area contributed by atoms with Crippen LogP contribution in [0.3, 0.4) is 0 Å². The Morgan fingerprint density at radius 1 is 1.07 bits per heavy atom. The van der Waals surface area contributed by atoms with Gasteiger partial charge in [0.2, 0.25) is 0 Å². The number of benzene rings is 2. The molecule has 160 valence electrons. The van der Waals surface area contributed by atoms with Crippen molar-refractivity contribution in [2.45, 2.75) is 26.3 Å². The Labute approximate surface area is 183 Å². The number of anilines is 1. The SMILES string of the molecule is CCOc1nc2ccc(NC(C)CN3CCN(CCc4ccccc4)CC3)cc2s1. The highest BCUT2D eigenvalue weighted by molar-refractivity contribution is 7.20. The lowest BCUT2D eigenvalue weighted by Crippen LogP contribution is -2.49. The molecule has 2 aromatic carbocycles. The van der Waals surface area contributed by atoms with E-state index in [-0.39, 0.29) is 0 Å². The van der Waals surface area contributed by atoms with Gasteiger partial charge in [-0.3, -0.25) is 4.90 Å². The van der Waals surface area contributed by atoms with Gasteiger partial charge in [0.15, 0.2) is 0 Å². The molecule has 4 rings (SSSR count). The fraction of sp³-hybridized carbons (Fsp3) is 0.458. The first-order valence-electron chi connectivity index (χ1n) is 11.0. The lowest BCUT2D eigenvalue weighted by atomic mass is 10.1. The molecule has 1 saturated heterocycles. The molecule has 1 unspecified atom stereocenters. The normalized spacial score (nSPS) is 16.6. The molecule has 3 aromatic rings. The Morgan fingerprint density at radius 2 is 1.83 bits per heavy atom. The monoisotopic (exact) mass is 424 g/mol. The first kappa shape index (κ1) is 21.1. The number of nitrogens with one attached hydrogen (secondary N) is 1. The highest BCUT2D eigenvalue weighted by atomic mass is 32.1. The van der Waals surface area contributed by atoms with Crippen molar-refractivity contribution >= 4 is 27.2 Å². The molecule has 1 aliphatic rings. The molecule has 1 atom stereocenters. The number of ether oxygens (including phenoxy) is 1. The van der Waals surface area contributed by atoms with E-state index >= 15 is 0 Å². The van der Waals surface area contributed by atoms with Gasteiger partial charge in [-0.25, -0.2) is 4.98 Å². The molecule has 1 aliphatic heterocycles. The molecule has 2 heterocycles. The maximum Gasteiger partial charge on any atom is 0.274 e. The van der Waals surface area contributed by atoms with Gasteiger partial charge in [-0.05, 0) is 44.0 Å². The summed E-state index contributed by atoms with van der Waals surface area (Å²) in [6.07, 6.45) is 1.14. The molecule has 0 aliphatic carbocycles. The lowest BCUT2D eigenvalue weighted by molar-refractivity contribution is 0.131. The summed E-state index contributed by atoms with van der Waals surface area (Å²) >= 11 is 1.61. The zero-order valence-electron chi connectivity index (χ0n) is 18.0. The molecule has 30 heavy (non-hydrogen) atoms. The quantitative estimate of drug-likeness (QED) is 0.553. The molecular formula is C24H32N4OS. The molecule has 0 saturated carbocycles. The lowest BCUT2D eigenvalue weighted by Gasteiger charge is -2.36. The number of aromatic nitrogens is 1. The fourth-order valence-electron chi connectivity index (χ4n) is 4.02. The summed E-state index contributed by atoms with van der Waals surface area (Å²) in [5.74, 6) is 0. The van der Waals surface area contributed by atoms with E-state index in [0.717, 1.165) is 62.1 Å². The van der Waals surface area contributed by atoms with E-state index < -0.39 is 0 Å². The smallest absolute Gasteiger partial charge is 0.274 e. The second-order valence-electron chi connectivity index (χ2n) is 8.02. The number of hydrogen-bond donors (Lipinski definition) is 1. The summed E-state index contributed by atoms with van der Waals surface area (Å²) in [4.78, 5) is 9.68. The largest absolute Gasteiger partial charge is 0.470 e. The van der Waals surface area contributed by atoms with Gasteiger partial charge in [-0.2, -0.15) is 0 Å². The van der Waals surface area contributed by atoms with Crippen LogP contribution >= 0.6 is 11.3 Å². The number of rotatable bonds is 9. The van der Waals surface area contributed by atoms with Crippen LogP contribution in [-0.2, 0) is 6.42 Å². The van der Waals surface area contributed by atoms with E-state index in [1.54, 1.807) is 11.3 Å². The molecule has 0 spiro atoms. The van der Waals surface area contributed by atoms with E-state index in [1.807, 2.05) is 6.92 Å². The minimum atomic E-state index is 0.401. The first-order valence-corrected chi connectivity index (χ1v) is 11.8. The predicted molar refractivity (Wildman–Crippen MR) is 127 cm³/mol. The van der Waals surface area contributed by atoms with Crippen molar-refractivity contribution in [3.05, 3.63) is 54.1 Å². The molecular weight excluding hydrogens is 392 g/mol. The van der Waals surface area contributed by atoms with Crippen LogP contribution in [-0.4, -0.2) is 66.7 Å². The van der Waals surface area contributed by atoms with Crippen LogP contribution in [0, 0.1) is 0 Å². The van der Waals surface area contributed by atoms with Crippen molar-refractivity contribution in [3.63, 3.8) is 0 Å². The number of piperazine rings is 1. The third kappa shape index (κ3) is 5.72. The Morgan fingerprint density at radius 3 is 2.60 bits per heavy atom. The van der Waals surface area contributed by atoms with Gasteiger partial charge in [0.05, 0.1) is 16.8 Å². The minimum Gasteiger partial charge on any atom is -0.470 e. The number of thiazole rings is 1. The fourth-order valence-corrected chi connectivity index (χ4v) is 4.94. The first-order chi connectivity index (χ1) is 14.7. The predicted octanol–water partition coefficient (Wildman–Crippen LogP) is 4.36. The molecule has 1 fully saturated rings. The van der Waals surface area contributed by atoms with Crippen LogP contribution in [0.15, 0.2) is 48.5 Å². The van der Waals surface area contributed by atoms with Gasteiger partial charge in [-0.15, -0.1) is 0 Å². The van der Waals surface area contributed by atoms with Gasteiger partial charge in [0.25, 0.3) is 5.19 Å². The van der Waals surface area contributed by atoms with Crippen molar-refractivity contribution in [3.8, 4) is 5.19 Å². The zero-order chi connectivity index (χ0) is 20.8. The van der Waals surface area contributed by atoms with Gasteiger partial charge >= 0.3 is 0 Å². The van der Waals surface area contributed by atoms with Crippen LogP contribution in [0.4, 0.5) is 5.69 Å². The highest BCUT2D eigenvalue weighted by Gasteiger charge is 2.18. The van der Waals surface area contributed by atoms with Crippen molar-refractivity contribution in [1.29, 1.82) is 0 Å². The van der Waals surface area contributed by atoms with E-state index in [0.29, 0.717) is 12.6 Å². The Bertz CT molecular complexity index is 921. The van der Waals surface area contributed by atoms with Gasteiger partial charge in [0.1, 0.15) is 0 Å². The van der Waals surface area contributed by atoms with E-state index in [1.165, 1.54) is 10.3 Å². The molecule has 6 heteroatoms. The van der Waals surface area contributed by atoms with Crippen molar-refractivity contribution in [2.75, 3.05) is 51.2 Å². The van der Waals surface area contributed by atoms with Crippen molar-refractivity contribution in [1.82, 2.24) is 14.8 Å². The molecule has 0 bridgehead atoms. The van der Waals surface area contributed by atoms with Crippen LogP contribution in [0.5, 0.6) is 5.19 Å². The van der Waals surface area contributed by atoms with Gasteiger partial charge in [-0.1, -0.05) is 41.7 Å².